The number of fused-ring (bicyclic) bond motifs is 3. The van der Waals surface area contributed by atoms with Crippen molar-refractivity contribution in [2.24, 2.45) is 7.05 Å². The third-order valence-corrected chi connectivity index (χ3v) is 4.48. The lowest BCUT2D eigenvalue weighted by Gasteiger charge is -2.19. The second-order valence-corrected chi connectivity index (χ2v) is 6.57. The number of aromatic nitrogens is 2. The summed E-state index contributed by atoms with van der Waals surface area (Å²) in [5.74, 6) is 0.412. The maximum atomic E-state index is 12.7. The van der Waals surface area contributed by atoms with Gasteiger partial charge in [0.15, 0.2) is 5.69 Å². The van der Waals surface area contributed by atoms with Gasteiger partial charge in [-0.05, 0) is 36.4 Å². The Labute approximate surface area is 154 Å². The predicted molar refractivity (Wildman–Crippen MR) is 97.4 cm³/mol. The van der Waals surface area contributed by atoms with E-state index in [0.29, 0.717) is 21.4 Å². The van der Waals surface area contributed by atoms with Crippen LogP contribution in [0.4, 0.5) is 5.69 Å². The summed E-state index contributed by atoms with van der Waals surface area (Å²) in [7, 11) is 1.80. The number of carbonyl (C=O) groups excluding carboxylic acids is 1. The molecule has 1 N–H and O–H groups in total. The minimum Gasteiger partial charge on any atom is -0.488 e. The Morgan fingerprint density at radius 2 is 2.00 bits per heavy atom. The zero-order chi connectivity index (χ0) is 17.6. The maximum absolute atomic E-state index is 12.7. The molecule has 4 rings (SSSR count). The highest BCUT2D eigenvalue weighted by atomic mass is 35.5. The van der Waals surface area contributed by atoms with Crippen LogP contribution in [0.25, 0.3) is 11.3 Å². The molecule has 0 bridgehead atoms. The van der Waals surface area contributed by atoms with Gasteiger partial charge >= 0.3 is 0 Å². The van der Waals surface area contributed by atoms with E-state index in [1.54, 1.807) is 42.1 Å². The van der Waals surface area contributed by atoms with Crippen molar-refractivity contribution < 1.29 is 9.53 Å². The Balaban J connectivity index is 1.74. The van der Waals surface area contributed by atoms with E-state index < -0.39 is 0 Å². The molecular weight excluding hydrogens is 361 g/mol. The zero-order valence-electron chi connectivity index (χ0n) is 13.2. The summed E-state index contributed by atoms with van der Waals surface area (Å²) in [6.45, 7) is 0.274. The van der Waals surface area contributed by atoms with Crippen molar-refractivity contribution in [3.05, 3.63) is 63.8 Å². The van der Waals surface area contributed by atoms with Gasteiger partial charge in [-0.1, -0.05) is 29.3 Å². The van der Waals surface area contributed by atoms with Crippen LogP contribution in [-0.4, -0.2) is 15.7 Å². The molecule has 0 saturated heterocycles. The summed E-state index contributed by atoms with van der Waals surface area (Å²) < 4.78 is 7.45. The molecule has 126 valence electrons. The molecule has 0 saturated carbocycles. The standard InChI is InChI=1S/C18H13Cl2N3O2/c1-23-17-13-8-11(20)5-6-15(13)25-9-14(17)16(22-23)18(24)21-12-4-2-3-10(19)7-12/h2-8H,9H2,1H3,(H,21,24). The second kappa shape index (κ2) is 6.10. The Morgan fingerprint density at radius 3 is 2.80 bits per heavy atom. The first-order valence-corrected chi connectivity index (χ1v) is 8.34. The Morgan fingerprint density at radius 1 is 1.20 bits per heavy atom. The molecule has 25 heavy (non-hydrogen) atoms. The number of aryl methyl sites for hydroxylation is 1. The molecule has 0 aliphatic carbocycles. The molecule has 2 heterocycles. The van der Waals surface area contributed by atoms with Crippen molar-refractivity contribution in [1.29, 1.82) is 0 Å². The molecule has 1 amide bonds. The molecule has 5 nitrogen and oxygen atoms in total. The quantitative estimate of drug-likeness (QED) is 0.717. The first-order chi connectivity index (χ1) is 12.0. The largest absolute Gasteiger partial charge is 0.488 e. The van der Waals surface area contributed by atoms with Crippen molar-refractivity contribution in [1.82, 2.24) is 9.78 Å². The van der Waals surface area contributed by atoms with Gasteiger partial charge in [0.05, 0.1) is 5.69 Å². The van der Waals surface area contributed by atoms with Gasteiger partial charge in [-0.15, -0.1) is 0 Å². The molecule has 0 fully saturated rings. The number of benzene rings is 2. The fourth-order valence-electron chi connectivity index (χ4n) is 2.94. The van der Waals surface area contributed by atoms with Gasteiger partial charge in [0.2, 0.25) is 0 Å². The highest BCUT2D eigenvalue weighted by molar-refractivity contribution is 6.31. The molecule has 1 aromatic heterocycles. The number of nitrogens with zero attached hydrogens (tertiary/aromatic N) is 2. The number of amides is 1. The molecule has 0 atom stereocenters. The van der Waals surface area contributed by atoms with E-state index in [1.807, 2.05) is 12.1 Å². The Kier molecular flexibility index (Phi) is 3.90. The Hall–Kier alpha value is -2.50. The van der Waals surface area contributed by atoms with Gasteiger partial charge in [-0.2, -0.15) is 5.10 Å². The van der Waals surface area contributed by atoms with Crippen molar-refractivity contribution >= 4 is 34.8 Å². The molecule has 1 aliphatic heterocycles. The molecule has 3 aromatic rings. The number of hydrogen-bond acceptors (Lipinski definition) is 3. The highest BCUT2D eigenvalue weighted by Crippen LogP contribution is 2.40. The number of rotatable bonds is 2. The van der Waals surface area contributed by atoms with Crippen molar-refractivity contribution in [2.45, 2.75) is 6.61 Å². The monoisotopic (exact) mass is 373 g/mol. The molecule has 0 radical (unpaired) electrons. The van der Waals surface area contributed by atoms with Gasteiger partial charge in [0.1, 0.15) is 12.4 Å². The van der Waals surface area contributed by atoms with Crippen LogP contribution >= 0.6 is 23.2 Å². The van der Waals surface area contributed by atoms with Gasteiger partial charge in [0, 0.05) is 33.9 Å². The smallest absolute Gasteiger partial charge is 0.276 e. The number of carbonyl (C=O) groups is 1. The van der Waals surface area contributed by atoms with Gasteiger partial charge < -0.3 is 10.1 Å². The number of ether oxygens (including phenoxy) is 1. The van der Waals surface area contributed by atoms with Crippen LogP contribution in [0.3, 0.4) is 0 Å². The predicted octanol–water partition coefficient (Wildman–Crippen LogP) is 4.54. The topological polar surface area (TPSA) is 56.2 Å². The van der Waals surface area contributed by atoms with E-state index in [-0.39, 0.29) is 12.5 Å². The van der Waals surface area contributed by atoms with Crippen LogP contribution in [0.2, 0.25) is 10.0 Å². The number of hydrogen-bond donors (Lipinski definition) is 1. The van der Waals surface area contributed by atoms with E-state index >= 15 is 0 Å². The minimum atomic E-state index is -0.312. The third-order valence-electron chi connectivity index (χ3n) is 4.01. The van der Waals surface area contributed by atoms with Crippen molar-refractivity contribution in [3.8, 4) is 17.0 Å². The molecule has 0 unspecified atom stereocenters. The SMILES string of the molecule is Cn1nc(C(=O)Nc2cccc(Cl)c2)c2c1-c1cc(Cl)ccc1OC2. The van der Waals surface area contributed by atoms with Gasteiger partial charge in [0.25, 0.3) is 5.91 Å². The summed E-state index contributed by atoms with van der Waals surface area (Å²) in [6.07, 6.45) is 0. The van der Waals surface area contributed by atoms with Crippen LogP contribution in [-0.2, 0) is 13.7 Å². The maximum Gasteiger partial charge on any atom is 0.276 e. The first-order valence-electron chi connectivity index (χ1n) is 7.58. The molecule has 0 spiro atoms. The van der Waals surface area contributed by atoms with Crippen LogP contribution in [0.5, 0.6) is 5.75 Å². The number of halogens is 2. The van der Waals surface area contributed by atoms with Crippen LogP contribution in [0.15, 0.2) is 42.5 Å². The molecule has 7 heteroatoms. The Bertz CT molecular complexity index is 998. The van der Waals surface area contributed by atoms with E-state index in [9.17, 15) is 4.79 Å². The lowest BCUT2D eigenvalue weighted by Crippen LogP contribution is -2.16. The summed E-state index contributed by atoms with van der Waals surface area (Å²) in [5.41, 5.74) is 3.32. The average Bonchev–Trinajstić information content (AvgIpc) is 2.92. The second-order valence-electron chi connectivity index (χ2n) is 5.69. The van der Waals surface area contributed by atoms with E-state index in [0.717, 1.165) is 22.6 Å². The van der Waals surface area contributed by atoms with Crippen LogP contribution in [0.1, 0.15) is 16.1 Å². The molecular formula is C18H13Cl2N3O2. The van der Waals surface area contributed by atoms with Gasteiger partial charge in [-0.3, -0.25) is 9.48 Å². The summed E-state index contributed by atoms with van der Waals surface area (Å²) in [6, 6.07) is 12.4. The van der Waals surface area contributed by atoms with Crippen molar-refractivity contribution in [2.75, 3.05) is 5.32 Å². The van der Waals surface area contributed by atoms with E-state index in [2.05, 4.69) is 10.4 Å². The van der Waals surface area contributed by atoms with Crippen LogP contribution < -0.4 is 10.1 Å². The fraction of sp³-hybridized carbons (Fsp3) is 0.111. The van der Waals surface area contributed by atoms with Crippen LogP contribution in [0, 0.1) is 0 Å². The lowest BCUT2D eigenvalue weighted by atomic mass is 10.0. The zero-order valence-corrected chi connectivity index (χ0v) is 14.7. The summed E-state index contributed by atoms with van der Waals surface area (Å²) >= 11 is 12.1. The average molecular weight is 374 g/mol. The third kappa shape index (κ3) is 2.86. The highest BCUT2D eigenvalue weighted by Gasteiger charge is 2.28. The first kappa shape index (κ1) is 16.0. The fourth-order valence-corrected chi connectivity index (χ4v) is 3.31. The van der Waals surface area contributed by atoms with E-state index in [4.69, 9.17) is 27.9 Å². The number of nitrogens with one attached hydrogen (secondary N) is 1. The summed E-state index contributed by atoms with van der Waals surface area (Å²) in [5, 5.41) is 8.35. The normalized spacial score (nSPS) is 12.1. The van der Waals surface area contributed by atoms with E-state index in [1.165, 1.54) is 0 Å². The minimum absolute atomic E-state index is 0.274. The number of anilines is 1. The summed E-state index contributed by atoms with van der Waals surface area (Å²) in [4.78, 5) is 12.7. The van der Waals surface area contributed by atoms with Gasteiger partial charge in [-0.25, -0.2) is 0 Å². The molecule has 2 aromatic carbocycles. The molecule has 1 aliphatic rings. The lowest BCUT2D eigenvalue weighted by molar-refractivity contribution is 0.101. The van der Waals surface area contributed by atoms with Crippen molar-refractivity contribution in [3.63, 3.8) is 0 Å².